The third-order valence-electron chi connectivity index (χ3n) is 5.32. The number of benzene rings is 2. The highest BCUT2D eigenvalue weighted by Gasteiger charge is 2.34. The Morgan fingerprint density at radius 2 is 1.94 bits per heavy atom. The number of methoxy groups -OCH3 is 1. The number of carbonyl (C=O) groups excluding carboxylic acids is 1. The van der Waals surface area contributed by atoms with E-state index in [0.717, 1.165) is 16.0 Å². The average molecular weight is 452 g/mol. The van der Waals surface area contributed by atoms with Crippen LogP contribution in [-0.4, -0.2) is 30.7 Å². The standard InChI is InChI=1S/C25H25NO5S/c1-14(2)13-31-18-10-9-16(11-19(18)30-3)17-12-20(27)26-22-21(15-7-5-4-6-8-15)24(25(28)29)32-23(17)22/h4-11,14,17H,12-13H2,1-3H3,(H,26,27)(H,28,29). The van der Waals surface area contributed by atoms with Gasteiger partial charge in [-0.1, -0.05) is 50.2 Å². The summed E-state index contributed by atoms with van der Waals surface area (Å²) in [5.41, 5.74) is 2.78. The highest BCUT2D eigenvalue weighted by molar-refractivity contribution is 7.15. The number of amides is 1. The molecule has 0 spiro atoms. The number of anilines is 1. The largest absolute Gasteiger partial charge is 0.493 e. The molecule has 0 fully saturated rings. The molecular weight excluding hydrogens is 426 g/mol. The van der Waals surface area contributed by atoms with Crippen LogP contribution in [0.25, 0.3) is 11.1 Å². The van der Waals surface area contributed by atoms with E-state index in [9.17, 15) is 14.7 Å². The molecule has 32 heavy (non-hydrogen) atoms. The maximum Gasteiger partial charge on any atom is 0.346 e. The molecule has 0 bridgehead atoms. The molecule has 1 aliphatic rings. The number of hydrogen-bond donors (Lipinski definition) is 2. The summed E-state index contributed by atoms with van der Waals surface area (Å²) in [6, 6.07) is 15.0. The van der Waals surface area contributed by atoms with Gasteiger partial charge in [0.25, 0.3) is 0 Å². The van der Waals surface area contributed by atoms with Crippen LogP contribution in [0.3, 0.4) is 0 Å². The lowest BCUT2D eigenvalue weighted by atomic mass is 9.88. The van der Waals surface area contributed by atoms with Crippen LogP contribution in [0.15, 0.2) is 48.5 Å². The second-order valence-corrected chi connectivity index (χ2v) is 9.19. The van der Waals surface area contributed by atoms with E-state index in [4.69, 9.17) is 9.47 Å². The third-order valence-corrected chi connectivity index (χ3v) is 6.62. The monoisotopic (exact) mass is 451 g/mol. The number of hydrogen-bond acceptors (Lipinski definition) is 5. The summed E-state index contributed by atoms with van der Waals surface area (Å²) in [6.45, 7) is 4.72. The zero-order chi connectivity index (χ0) is 22.8. The molecular formula is C25H25NO5S. The lowest BCUT2D eigenvalue weighted by molar-refractivity contribution is -0.116. The van der Waals surface area contributed by atoms with Crippen LogP contribution in [0.1, 0.15) is 46.3 Å². The molecule has 0 radical (unpaired) electrons. The van der Waals surface area contributed by atoms with Gasteiger partial charge in [0, 0.05) is 22.8 Å². The number of ether oxygens (including phenoxy) is 2. The molecule has 1 amide bonds. The molecule has 2 heterocycles. The molecule has 6 nitrogen and oxygen atoms in total. The molecule has 1 aromatic heterocycles. The van der Waals surface area contributed by atoms with Gasteiger partial charge in [-0.15, -0.1) is 11.3 Å². The maximum atomic E-state index is 12.7. The SMILES string of the molecule is COc1cc(C2CC(=O)Nc3c2sc(C(=O)O)c3-c2ccccc2)ccc1OCC(C)C. The van der Waals surface area contributed by atoms with Gasteiger partial charge in [0.05, 0.1) is 19.4 Å². The molecule has 2 aromatic carbocycles. The quantitative estimate of drug-likeness (QED) is 0.486. The lowest BCUT2D eigenvalue weighted by Crippen LogP contribution is -2.22. The number of aromatic carboxylic acids is 1. The van der Waals surface area contributed by atoms with E-state index >= 15 is 0 Å². The molecule has 1 unspecified atom stereocenters. The summed E-state index contributed by atoms with van der Waals surface area (Å²) < 4.78 is 11.4. The fourth-order valence-electron chi connectivity index (χ4n) is 3.86. The van der Waals surface area contributed by atoms with E-state index in [0.29, 0.717) is 35.3 Å². The predicted octanol–water partition coefficient (Wildman–Crippen LogP) is 5.63. The van der Waals surface area contributed by atoms with Gasteiger partial charge in [-0.05, 0) is 29.2 Å². The molecule has 0 aliphatic carbocycles. The Labute approximate surface area is 190 Å². The summed E-state index contributed by atoms with van der Waals surface area (Å²) in [5, 5.41) is 12.8. The minimum atomic E-state index is -1.01. The summed E-state index contributed by atoms with van der Waals surface area (Å²) in [4.78, 5) is 25.8. The summed E-state index contributed by atoms with van der Waals surface area (Å²) >= 11 is 1.22. The highest BCUT2D eigenvalue weighted by Crippen LogP contribution is 2.50. The van der Waals surface area contributed by atoms with E-state index < -0.39 is 5.97 Å². The van der Waals surface area contributed by atoms with Gasteiger partial charge in [0.2, 0.25) is 5.91 Å². The fourth-order valence-corrected chi connectivity index (χ4v) is 5.11. The Morgan fingerprint density at radius 3 is 2.59 bits per heavy atom. The molecule has 0 saturated carbocycles. The highest BCUT2D eigenvalue weighted by atomic mass is 32.1. The summed E-state index contributed by atoms with van der Waals surface area (Å²) in [6.07, 6.45) is 0.232. The molecule has 166 valence electrons. The first kappa shape index (κ1) is 21.9. The van der Waals surface area contributed by atoms with Gasteiger partial charge in [-0.3, -0.25) is 4.79 Å². The van der Waals surface area contributed by atoms with Crippen LogP contribution in [0.4, 0.5) is 5.69 Å². The zero-order valence-corrected chi connectivity index (χ0v) is 19.0. The van der Waals surface area contributed by atoms with E-state index in [1.54, 1.807) is 7.11 Å². The normalized spacial score (nSPS) is 15.2. The lowest BCUT2D eigenvalue weighted by Gasteiger charge is -2.24. The molecule has 3 aromatic rings. The summed E-state index contributed by atoms with van der Waals surface area (Å²) in [7, 11) is 1.58. The first-order chi connectivity index (χ1) is 15.4. The van der Waals surface area contributed by atoms with Crippen LogP contribution in [0.2, 0.25) is 0 Å². The van der Waals surface area contributed by atoms with Crippen LogP contribution >= 0.6 is 11.3 Å². The number of carbonyl (C=O) groups is 2. The van der Waals surface area contributed by atoms with Crippen molar-refractivity contribution < 1.29 is 24.2 Å². The van der Waals surface area contributed by atoms with Crippen molar-refractivity contribution in [2.75, 3.05) is 19.0 Å². The van der Waals surface area contributed by atoms with E-state index in [1.807, 2.05) is 48.5 Å². The Hall–Kier alpha value is -3.32. The van der Waals surface area contributed by atoms with Crippen molar-refractivity contribution >= 4 is 28.9 Å². The number of carboxylic acid groups (broad SMARTS) is 1. The fraction of sp³-hybridized carbons (Fsp3) is 0.280. The van der Waals surface area contributed by atoms with Crippen molar-refractivity contribution in [3.63, 3.8) is 0 Å². The minimum Gasteiger partial charge on any atom is -0.493 e. The predicted molar refractivity (Wildman–Crippen MR) is 125 cm³/mol. The number of rotatable bonds is 7. The van der Waals surface area contributed by atoms with Crippen LogP contribution in [0, 0.1) is 5.92 Å². The van der Waals surface area contributed by atoms with Crippen LogP contribution < -0.4 is 14.8 Å². The molecule has 2 N–H and O–H groups in total. The Balaban J connectivity index is 1.81. The van der Waals surface area contributed by atoms with Crippen molar-refractivity contribution in [3.8, 4) is 22.6 Å². The molecule has 7 heteroatoms. The number of nitrogens with one attached hydrogen (secondary N) is 1. The summed E-state index contributed by atoms with van der Waals surface area (Å²) in [5.74, 6) is 0.190. The average Bonchev–Trinajstić information content (AvgIpc) is 3.17. The zero-order valence-electron chi connectivity index (χ0n) is 18.2. The van der Waals surface area contributed by atoms with Crippen molar-refractivity contribution in [1.82, 2.24) is 0 Å². The van der Waals surface area contributed by atoms with E-state index in [2.05, 4.69) is 19.2 Å². The van der Waals surface area contributed by atoms with E-state index in [1.165, 1.54) is 11.3 Å². The van der Waals surface area contributed by atoms with Gasteiger partial charge < -0.3 is 19.9 Å². The maximum absolute atomic E-state index is 12.7. The molecule has 4 rings (SSSR count). The van der Waals surface area contributed by atoms with Crippen molar-refractivity contribution in [1.29, 1.82) is 0 Å². The molecule has 0 saturated heterocycles. The number of carboxylic acids is 1. The van der Waals surface area contributed by atoms with Gasteiger partial charge >= 0.3 is 5.97 Å². The van der Waals surface area contributed by atoms with Gasteiger partial charge in [0.1, 0.15) is 4.88 Å². The minimum absolute atomic E-state index is 0.145. The van der Waals surface area contributed by atoms with Crippen LogP contribution in [0.5, 0.6) is 11.5 Å². The molecule has 1 aliphatic heterocycles. The second kappa shape index (κ2) is 9.04. The topological polar surface area (TPSA) is 84.9 Å². The Morgan fingerprint density at radius 1 is 1.19 bits per heavy atom. The first-order valence-corrected chi connectivity index (χ1v) is 11.3. The van der Waals surface area contributed by atoms with E-state index in [-0.39, 0.29) is 23.1 Å². The Kier molecular flexibility index (Phi) is 6.19. The van der Waals surface area contributed by atoms with Gasteiger partial charge in [0.15, 0.2) is 11.5 Å². The Bertz CT molecular complexity index is 1150. The van der Waals surface area contributed by atoms with Gasteiger partial charge in [-0.2, -0.15) is 0 Å². The number of fused-ring (bicyclic) bond motifs is 1. The second-order valence-electron chi connectivity index (χ2n) is 8.14. The van der Waals surface area contributed by atoms with Crippen molar-refractivity contribution in [2.45, 2.75) is 26.2 Å². The molecule has 1 atom stereocenters. The number of thiophene rings is 1. The first-order valence-electron chi connectivity index (χ1n) is 10.4. The van der Waals surface area contributed by atoms with Crippen molar-refractivity contribution in [3.05, 3.63) is 63.8 Å². The smallest absolute Gasteiger partial charge is 0.346 e. The van der Waals surface area contributed by atoms with Gasteiger partial charge in [-0.25, -0.2) is 4.79 Å². The van der Waals surface area contributed by atoms with Crippen LogP contribution in [-0.2, 0) is 4.79 Å². The third kappa shape index (κ3) is 4.21. The van der Waals surface area contributed by atoms with Crippen molar-refractivity contribution in [2.24, 2.45) is 5.92 Å².